The number of halogens is 1. The Morgan fingerprint density at radius 2 is 1.81 bits per heavy atom. The SMILES string of the molecule is [C-]#[N+]c1sccc1-c1c(-c2cccc(OCC(=O)O)c2)n(S(=O)(=O)c2ccc(Cl)cc2)c2ccccc12. The Labute approximate surface area is 221 Å². The van der Waals surface area contributed by atoms with E-state index in [1.165, 1.54) is 39.6 Å². The van der Waals surface area contributed by atoms with Gasteiger partial charge in [0.2, 0.25) is 5.00 Å². The second-order valence-corrected chi connectivity index (χ2v) is 11.0. The van der Waals surface area contributed by atoms with E-state index in [1.807, 2.05) is 12.1 Å². The average molecular weight is 549 g/mol. The lowest BCUT2D eigenvalue weighted by atomic mass is 10.00. The van der Waals surface area contributed by atoms with Crippen LogP contribution >= 0.6 is 22.9 Å². The zero-order valence-electron chi connectivity index (χ0n) is 19.0. The molecule has 0 atom stereocenters. The maximum atomic E-state index is 14.1. The van der Waals surface area contributed by atoms with Gasteiger partial charge in [-0.25, -0.2) is 22.0 Å². The number of fused-ring (bicyclic) bond motifs is 1. The van der Waals surface area contributed by atoms with Crippen molar-refractivity contribution in [2.45, 2.75) is 4.90 Å². The molecule has 184 valence electrons. The van der Waals surface area contributed by atoms with Gasteiger partial charge in [0.1, 0.15) is 5.75 Å². The molecule has 0 aliphatic rings. The van der Waals surface area contributed by atoms with E-state index in [4.69, 9.17) is 28.0 Å². The third kappa shape index (κ3) is 4.47. The number of hydrogen-bond acceptors (Lipinski definition) is 5. The molecule has 0 fully saturated rings. The molecule has 0 bridgehead atoms. The predicted octanol–water partition coefficient (Wildman–Crippen LogP) is 6.94. The summed E-state index contributed by atoms with van der Waals surface area (Å²) in [5, 5.41) is 12.3. The molecule has 0 spiro atoms. The first-order valence-electron chi connectivity index (χ1n) is 10.9. The molecule has 5 rings (SSSR count). The summed E-state index contributed by atoms with van der Waals surface area (Å²) in [6.45, 7) is 7.12. The van der Waals surface area contributed by atoms with Crippen molar-refractivity contribution in [1.29, 1.82) is 0 Å². The standard InChI is InChI=1S/C27H17ClN2O5S2/c1-29-27-22(13-14-36-27)25-21-7-2-3-8-23(21)30(37(33,34)20-11-9-18(28)10-12-20)26(25)17-5-4-6-19(15-17)35-16-24(31)32/h2-15H,16H2,(H,31,32). The largest absolute Gasteiger partial charge is 0.482 e. The molecule has 2 heterocycles. The normalized spacial score (nSPS) is 11.4. The van der Waals surface area contributed by atoms with Crippen LogP contribution in [0.25, 0.3) is 38.1 Å². The van der Waals surface area contributed by atoms with Crippen molar-refractivity contribution in [3.8, 4) is 28.1 Å². The molecule has 3 aromatic carbocycles. The van der Waals surface area contributed by atoms with Gasteiger partial charge in [0.25, 0.3) is 10.0 Å². The fourth-order valence-corrected chi connectivity index (χ4v) is 6.52. The summed E-state index contributed by atoms with van der Waals surface area (Å²) in [4.78, 5) is 14.7. The number of ether oxygens (including phenoxy) is 1. The highest BCUT2D eigenvalue weighted by Gasteiger charge is 2.29. The van der Waals surface area contributed by atoms with Crippen molar-refractivity contribution >= 4 is 54.8 Å². The first kappa shape index (κ1) is 24.6. The highest BCUT2D eigenvalue weighted by molar-refractivity contribution is 7.90. The molecule has 0 saturated carbocycles. The Balaban J connectivity index is 1.89. The van der Waals surface area contributed by atoms with Crippen LogP contribution < -0.4 is 4.74 Å². The fraction of sp³-hybridized carbons (Fsp3) is 0.0370. The number of carboxylic acids is 1. The van der Waals surface area contributed by atoms with Crippen molar-refractivity contribution in [1.82, 2.24) is 3.97 Å². The molecule has 0 unspecified atom stereocenters. The Morgan fingerprint density at radius 1 is 1.05 bits per heavy atom. The molecule has 10 heteroatoms. The van der Waals surface area contributed by atoms with Gasteiger partial charge < -0.3 is 9.84 Å². The topological polar surface area (TPSA) is 90.0 Å². The molecule has 7 nitrogen and oxygen atoms in total. The van der Waals surface area contributed by atoms with Crippen LogP contribution in [0.5, 0.6) is 5.75 Å². The number of nitrogens with zero attached hydrogens (tertiary/aromatic N) is 2. The molecule has 0 amide bonds. The molecule has 0 saturated heterocycles. The Hall–Kier alpha value is -4.10. The number of carbonyl (C=O) groups is 1. The number of carboxylic acid groups (broad SMARTS) is 1. The number of rotatable bonds is 7. The van der Waals surface area contributed by atoms with Gasteiger partial charge in [-0.05, 0) is 47.8 Å². The molecular weight excluding hydrogens is 532 g/mol. The zero-order chi connectivity index (χ0) is 26.2. The third-order valence-corrected chi connectivity index (χ3v) is 8.46. The summed E-state index contributed by atoms with van der Waals surface area (Å²) >= 11 is 7.29. The minimum Gasteiger partial charge on any atom is -0.482 e. The zero-order valence-corrected chi connectivity index (χ0v) is 21.3. The lowest BCUT2D eigenvalue weighted by Crippen LogP contribution is -2.14. The summed E-state index contributed by atoms with van der Waals surface area (Å²) < 4.78 is 34.9. The monoisotopic (exact) mass is 548 g/mol. The number of aromatic nitrogens is 1. The van der Waals surface area contributed by atoms with E-state index >= 15 is 0 Å². The van der Waals surface area contributed by atoms with Crippen molar-refractivity contribution in [3.05, 3.63) is 101 Å². The van der Waals surface area contributed by atoms with Gasteiger partial charge in [0.15, 0.2) is 6.61 Å². The van der Waals surface area contributed by atoms with Crippen molar-refractivity contribution in [2.75, 3.05) is 6.61 Å². The second-order valence-electron chi connectivity index (χ2n) is 7.93. The van der Waals surface area contributed by atoms with E-state index in [9.17, 15) is 13.2 Å². The Kier molecular flexibility index (Phi) is 6.48. The van der Waals surface area contributed by atoms with E-state index in [2.05, 4.69) is 4.85 Å². The van der Waals surface area contributed by atoms with E-state index in [-0.39, 0.29) is 10.6 Å². The molecule has 0 aliphatic heterocycles. The highest BCUT2D eigenvalue weighted by atomic mass is 35.5. The quantitative estimate of drug-likeness (QED) is 0.222. The lowest BCUT2D eigenvalue weighted by molar-refractivity contribution is -0.139. The predicted molar refractivity (Wildman–Crippen MR) is 144 cm³/mol. The summed E-state index contributed by atoms with van der Waals surface area (Å²) in [6, 6.07) is 21.4. The van der Waals surface area contributed by atoms with Gasteiger partial charge in [0.05, 0.1) is 22.7 Å². The maximum Gasteiger partial charge on any atom is 0.341 e. The van der Waals surface area contributed by atoms with Crippen molar-refractivity contribution < 1.29 is 23.1 Å². The molecule has 2 aromatic heterocycles. The molecule has 5 aromatic rings. The van der Waals surface area contributed by atoms with Crippen LogP contribution in [0, 0.1) is 6.57 Å². The fourth-order valence-electron chi connectivity index (χ4n) is 4.16. The number of benzene rings is 3. The van der Waals surface area contributed by atoms with Gasteiger partial charge in [0, 0.05) is 27.1 Å². The first-order chi connectivity index (χ1) is 17.8. The summed E-state index contributed by atoms with van der Waals surface area (Å²) in [6.07, 6.45) is 0. The van der Waals surface area contributed by atoms with Gasteiger partial charge in [-0.2, -0.15) is 11.3 Å². The van der Waals surface area contributed by atoms with Crippen LogP contribution in [0.15, 0.2) is 89.1 Å². The van der Waals surface area contributed by atoms with Crippen LogP contribution in [-0.2, 0) is 14.8 Å². The van der Waals surface area contributed by atoms with Crippen molar-refractivity contribution in [2.24, 2.45) is 0 Å². The number of aliphatic carboxylic acids is 1. The van der Waals surface area contributed by atoms with E-state index in [0.29, 0.717) is 43.3 Å². The van der Waals surface area contributed by atoms with Crippen LogP contribution in [0.1, 0.15) is 0 Å². The van der Waals surface area contributed by atoms with E-state index < -0.39 is 22.6 Å². The van der Waals surface area contributed by atoms with Gasteiger partial charge >= 0.3 is 5.97 Å². The van der Waals surface area contributed by atoms with Crippen LogP contribution in [0.3, 0.4) is 0 Å². The minimum absolute atomic E-state index is 0.0412. The molecule has 1 N–H and O–H groups in total. The summed E-state index contributed by atoms with van der Waals surface area (Å²) in [5.74, 6) is -0.868. The second kappa shape index (κ2) is 9.75. The summed E-state index contributed by atoms with van der Waals surface area (Å²) in [7, 11) is -4.14. The number of thiophene rings is 1. The molecule has 0 radical (unpaired) electrons. The van der Waals surface area contributed by atoms with Gasteiger partial charge in [-0.15, -0.1) is 0 Å². The Bertz CT molecular complexity index is 1800. The lowest BCUT2D eigenvalue weighted by Gasteiger charge is -2.15. The first-order valence-corrected chi connectivity index (χ1v) is 13.6. The van der Waals surface area contributed by atoms with E-state index in [0.717, 1.165) is 0 Å². The molecule has 37 heavy (non-hydrogen) atoms. The van der Waals surface area contributed by atoms with Crippen LogP contribution in [0.4, 0.5) is 5.00 Å². The van der Waals surface area contributed by atoms with E-state index in [1.54, 1.807) is 47.8 Å². The van der Waals surface area contributed by atoms with Gasteiger partial charge in [-0.1, -0.05) is 48.0 Å². The van der Waals surface area contributed by atoms with Crippen LogP contribution in [-0.4, -0.2) is 30.1 Å². The van der Waals surface area contributed by atoms with Crippen molar-refractivity contribution in [3.63, 3.8) is 0 Å². The molecule has 0 aliphatic carbocycles. The highest BCUT2D eigenvalue weighted by Crippen LogP contribution is 2.47. The molecular formula is C27H17ClN2O5S2. The Morgan fingerprint density at radius 3 is 2.54 bits per heavy atom. The smallest absolute Gasteiger partial charge is 0.341 e. The van der Waals surface area contributed by atoms with Gasteiger partial charge in [-0.3, -0.25) is 0 Å². The minimum atomic E-state index is -4.14. The number of hydrogen-bond donors (Lipinski definition) is 1. The number of para-hydroxylation sites is 1. The maximum absolute atomic E-state index is 14.1. The van der Waals surface area contributed by atoms with Crippen LogP contribution in [0.2, 0.25) is 5.02 Å². The summed E-state index contributed by atoms with van der Waals surface area (Å²) in [5.41, 5.74) is 2.43. The third-order valence-electron chi connectivity index (χ3n) is 5.67. The average Bonchev–Trinajstić information content (AvgIpc) is 3.50.